The van der Waals surface area contributed by atoms with Crippen molar-refractivity contribution in [2.24, 2.45) is 5.92 Å². The lowest BCUT2D eigenvalue weighted by Crippen LogP contribution is -2.44. The van der Waals surface area contributed by atoms with Crippen molar-refractivity contribution in [2.75, 3.05) is 24.2 Å². The minimum absolute atomic E-state index is 0.0549. The van der Waals surface area contributed by atoms with Gasteiger partial charge < -0.3 is 10.4 Å². The van der Waals surface area contributed by atoms with Gasteiger partial charge in [0.1, 0.15) is 5.75 Å². The topological polar surface area (TPSA) is 86.7 Å². The molecule has 0 spiro atoms. The number of anilines is 1. The maximum absolute atomic E-state index is 12.2. The van der Waals surface area contributed by atoms with Crippen molar-refractivity contribution < 1.29 is 18.3 Å². The fourth-order valence-corrected chi connectivity index (χ4v) is 3.56. The van der Waals surface area contributed by atoms with Gasteiger partial charge >= 0.3 is 0 Å². The number of hydrogen-bond donors (Lipinski definition) is 2. The van der Waals surface area contributed by atoms with Crippen LogP contribution in [0, 0.1) is 5.92 Å². The van der Waals surface area contributed by atoms with Crippen LogP contribution in [0.5, 0.6) is 5.75 Å². The number of aromatic hydroxyl groups is 1. The van der Waals surface area contributed by atoms with E-state index in [1.54, 1.807) is 19.1 Å². The number of amides is 1. The number of hydrogen-bond acceptors (Lipinski definition) is 4. The predicted octanol–water partition coefficient (Wildman–Crippen LogP) is 1.39. The van der Waals surface area contributed by atoms with E-state index in [1.807, 2.05) is 0 Å². The van der Waals surface area contributed by atoms with E-state index < -0.39 is 10.0 Å². The normalized spacial score (nSPS) is 20.1. The van der Waals surface area contributed by atoms with Gasteiger partial charge in [-0.05, 0) is 44.0 Å². The molecule has 0 aliphatic carbocycles. The van der Waals surface area contributed by atoms with Gasteiger partial charge in [-0.15, -0.1) is 0 Å². The van der Waals surface area contributed by atoms with Crippen LogP contribution in [0.2, 0.25) is 0 Å². The van der Waals surface area contributed by atoms with Crippen LogP contribution in [0.15, 0.2) is 24.3 Å². The number of carbonyl (C=O) groups is 1. The molecule has 1 heterocycles. The van der Waals surface area contributed by atoms with Crippen LogP contribution in [-0.4, -0.2) is 42.6 Å². The fourth-order valence-electron chi connectivity index (χ4n) is 2.38. The quantitative estimate of drug-likeness (QED) is 0.823. The zero-order valence-corrected chi connectivity index (χ0v) is 12.8. The van der Waals surface area contributed by atoms with E-state index >= 15 is 0 Å². The number of phenolic OH excluding ortho intramolecular Hbond substituents is 1. The van der Waals surface area contributed by atoms with Crippen molar-refractivity contribution in [3.63, 3.8) is 0 Å². The Kier molecular flexibility index (Phi) is 4.84. The van der Waals surface area contributed by atoms with Crippen molar-refractivity contribution in [3.05, 3.63) is 24.3 Å². The first-order chi connectivity index (χ1) is 9.92. The summed E-state index contributed by atoms with van der Waals surface area (Å²) in [4.78, 5) is 12.2. The van der Waals surface area contributed by atoms with Crippen LogP contribution in [0.4, 0.5) is 5.69 Å². The molecule has 1 fully saturated rings. The Balaban J connectivity index is 2.01. The van der Waals surface area contributed by atoms with E-state index in [0.717, 1.165) is 0 Å². The van der Waals surface area contributed by atoms with Gasteiger partial charge in [0.15, 0.2) is 0 Å². The van der Waals surface area contributed by atoms with Crippen LogP contribution in [0.3, 0.4) is 0 Å². The molecule has 7 heteroatoms. The second-order valence-corrected chi connectivity index (χ2v) is 7.39. The molecule has 1 aliphatic heterocycles. The molecule has 116 valence electrons. The molecular formula is C14H20N2O4S. The fraction of sp³-hybridized carbons (Fsp3) is 0.500. The zero-order chi connectivity index (χ0) is 15.5. The van der Waals surface area contributed by atoms with E-state index in [1.165, 1.54) is 16.4 Å². The van der Waals surface area contributed by atoms with Crippen molar-refractivity contribution in [1.29, 1.82) is 0 Å². The summed E-state index contributed by atoms with van der Waals surface area (Å²) in [7, 11) is -3.25. The first-order valence-electron chi connectivity index (χ1n) is 7.00. The summed E-state index contributed by atoms with van der Waals surface area (Å²) in [6.07, 6.45) is 1.37. The van der Waals surface area contributed by atoms with Gasteiger partial charge in [-0.2, -0.15) is 0 Å². The molecule has 0 bridgehead atoms. The largest absolute Gasteiger partial charge is 0.508 e. The Morgan fingerprint density at radius 3 is 2.67 bits per heavy atom. The SMILES string of the molecule is CCS(=O)(=O)N1CCC[C@@H](C(=O)Nc2ccc(O)cc2)C1. The molecule has 1 aromatic carbocycles. The number of phenols is 1. The number of sulfonamides is 1. The van der Waals surface area contributed by atoms with Crippen molar-refractivity contribution >= 4 is 21.6 Å². The van der Waals surface area contributed by atoms with Gasteiger partial charge in [-0.3, -0.25) is 4.79 Å². The third-order valence-electron chi connectivity index (χ3n) is 3.65. The van der Waals surface area contributed by atoms with E-state index in [4.69, 9.17) is 0 Å². The van der Waals surface area contributed by atoms with Crippen molar-refractivity contribution in [3.8, 4) is 5.75 Å². The highest BCUT2D eigenvalue weighted by Crippen LogP contribution is 2.22. The minimum Gasteiger partial charge on any atom is -0.508 e. The Hall–Kier alpha value is -1.60. The lowest BCUT2D eigenvalue weighted by atomic mass is 9.99. The highest BCUT2D eigenvalue weighted by molar-refractivity contribution is 7.89. The Labute approximate surface area is 124 Å². The molecule has 2 rings (SSSR count). The van der Waals surface area contributed by atoms with Crippen molar-refractivity contribution in [1.82, 2.24) is 4.31 Å². The summed E-state index contributed by atoms with van der Waals surface area (Å²) in [6, 6.07) is 6.20. The predicted molar refractivity (Wildman–Crippen MR) is 80.5 cm³/mol. The Bertz CT molecular complexity index is 598. The smallest absolute Gasteiger partial charge is 0.228 e. The lowest BCUT2D eigenvalue weighted by molar-refractivity contribution is -0.120. The summed E-state index contributed by atoms with van der Waals surface area (Å²) in [5.41, 5.74) is 0.591. The van der Waals surface area contributed by atoms with Gasteiger partial charge in [-0.25, -0.2) is 12.7 Å². The van der Waals surface area contributed by atoms with Crippen molar-refractivity contribution in [2.45, 2.75) is 19.8 Å². The molecule has 1 aromatic rings. The Morgan fingerprint density at radius 2 is 2.05 bits per heavy atom. The molecule has 0 saturated carbocycles. The molecule has 2 N–H and O–H groups in total. The standard InChI is InChI=1S/C14H20N2O4S/c1-2-21(19,20)16-9-3-4-11(10-16)14(18)15-12-5-7-13(17)8-6-12/h5-8,11,17H,2-4,9-10H2,1H3,(H,15,18)/t11-/m1/s1. The average Bonchev–Trinajstić information content (AvgIpc) is 2.49. The number of nitrogens with zero attached hydrogens (tertiary/aromatic N) is 1. The summed E-state index contributed by atoms with van der Waals surface area (Å²) in [5, 5.41) is 12.0. The number of carbonyl (C=O) groups excluding carboxylic acids is 1. The summed E-state index contributed by atoms with van der Waals surface area (Å²) < 4.78 is 25.2. The monoisotopic (exact) mass is 312 g/mol. The third-order valence-corrected chi connectivity index (χ3v) is 5.50. The van der Waals surface area contributed by atoms with Gasteiger partial charge in [-0.1, -0.05) is 0 Å². The third kappa shape index (κ3) is 3.95. The maximum Gasteiger partial charge on any atom is 0.228 e. The highest BCUT2D eigenvalue weighted by atomic mass is 32.2. The molecule has 1 saturated heterocycles. The second-order valence-electron chi connectivity index (χ2n) is 5.13. The Morgan fingerprint density at radius 1 is 1.38 bits per heavy atom. The molecular weight excluding hydrogens is 292 g/mol. The lowest BCUT2D eigenvalue weighted by Gasteiger charge is -2.30. The summed E-state index contributed by atoms with van der Waals surface area (Å²) in [5.74, 6) is -0.337. The van der Waals surface area contributed by atoms with Gasteiger partial charge in [0.2, 0.25) is 15.9 Å². The van der Waals surface area contributed by atoms with E-state index in [0.29, 0.717) is 25.1 Å². The summed E-state index contributed by atoms with van der Waals surface area (Å²) >= 11 is 0. The van der Waals surface area contributed by atoms with Gasteiger partial charge in [0.05, 0.1) is 11.7 Å². The molecule has 21 heavy (non-hydrogen) atoms. The van der Waals surface area contributed by atoms with Crippen LogP contribution < -0.4 is 5.32 Å². The molecule has 0 unspecified atom stereocenters. The molecule has 1 atom stereocenters. The van der Waals surface area contributed by atoms with E-state index in [2.05, 4.69) is 5.32 Å². The molecule has 1 aliphatic rings. The average molecular weight is 312 g/mol. The number of nitrogens with one attached hydrogen (secondary N) is 1. The maximum atomic E-state index is 12.2. The molecule has 0 radical (unpaired) electrons. The van der Waals surface area contributed by atoms with E-state index in [9.17, 15) is 18.3 Å². The first kappa shape index (κ1) is 15.8. The molecule has 1 amide bonds. The number of piperidine rings is 1. The highest BCUT2D eigenvalue weighted by Gasteiger charge is 2.31. The number of benzene rings is 1. The van der Waals surface area contributed by atoms with Crippen LogP contribution >= 0.6 is 0 Å². The van der Waals surface area contributed by atoms with Crippen LogP contribution in [0.25, 0.3) is 0 Å². The second kappa shape index (κ2) is 6.44. The van der Waals surface area contributed by atoms with Crippen LogP contribution in [-0.2, 0) is 14.8 Å². The minimum atomic E-state index is -3.25. The van der Waals surface area contributed by atoms with Gasteiger partial charge in [0, 0.05) is 18.8 Å². The van der Waals surface area contributed by atoms with Gasteiger partial charge in [0.25, 0.3) is 0 Å². The molecule has 0 aromatic heterocycles. The van der Waals surface area contributed by atoms with Crippen LogP contribution in [0.1, 0.15) is 19.8 Å². The van der Waals surface area contributed by atoms with E-state index in [-0.39, 0.29) is 29.9 Å². The zero-order valence-electron chi connectivity index (χ0n) is 11.9. The number of rotatable bonds is 4. The molecule has 6 nitrogen and oxygen atoms in total. The summed E-state index contributed by atoms with van der Waals surface area (Å²) in [6.45, 7) is 2.33. The first-order valence-corrected chi connectivity index (χ1v) is 8.61.